The summed E-state index contributed by atoms with van der Waals surface area (Å²) in [5.74, 6) is 0.249. The van der Waals surface area contributed by atoms with Crippen molar-refractivity contribution >= 4 is 11.7 Å². The van der Waals surface area contributed by atoms with Gasteiger partial charge in [-0.15, -0.1) is 13.2 Å². The molecule has 2 aromatic rings. The van der Waals surface area contributed by atoms with E-state index in [2.05, 4.69) is 10.1 Å². The summed E-state index contributed by atoms with van der Waals surface area (Å²) in [6.45, 7) is 0.175. The molecule has 0 saturated heterocycles. The molecule has 8 heteroatoms. The van der Waals surface area contributed by atoms with Crippen LogP contribution in [0.3, 0.4) is 0 Å². The van der Waals surface area contributed by atoms with E-state index in [1.807, 2.05) is 0 Å². The van der Waals surface area contributed by atoms with Crippen molar-refractivity contribution in [1.82, 2.24) is 0 Å². The van der Waals surface area contributed by atoms with Gasteiger partial charge in [0.05, 0.1) is 0 Å². The van der Waals surface area contributed by atoms with E-state index in [9.17, 15) is 18.0 Å². The van der Waals surface area contributed by atoms with E-state index in [0.29, 0.717) is 17.0 Å². The highest BCUT2D eigenvalue weighted by atomic mass is 19.4. The summed E-state index contributed by atoms with van der Waals surface area (Å²) in [5.41, 5.74) is 6.19. The van der Waals surface area contributed by atoms with Gasteiger partial charge in [-0.1, -0.05) is 12.1 Å². The van der Waals surface area contributed by atoms with Crippen molar-refractivity contribution in [2.45, 2.75) is 13.0 Å². The van der Waals surface area contributed by atoms with Crippen molar-refractivity contribution in [3.63, 3.8) is 0 Å². The first-order valence-electron chi connectivity index (χ1n) is 6.46. The van der Waals surface area contributed by atoms with Crippen LogP contribution in [-0.2, 0) is 6.61 Å². The number of nitrogens with one attached hydrogen (secondary N) is 1. The van der Waals surface area contributed by atoms with Crippen molar-refractivity contribution in [2.24, 2.45) is 5.73 Å². The predicted molar refractivity (Wildman–Crippen MR) is 77.1 cm³/mol. The molecule has 2 amide bonds. The second-order valence-corrected chi connectivity index (χ2v) is 4.49. The fourth-order valence-corrected chi connectivity index (χ4v) is 1.73. The number of anilines is 1. The van der Waals surface area contributed by atoms with E-state index in [1.165, 1.54) is 24.3 Å². The van der Waals surface area contributed by atoms with Gasteiger partial charge in [-0.2, -0.15) is 0 Å². The lowest BCUT2D eigenvalue weighted by Gasteiger charge is -2.10. The first kappa shape index (κ1) is 16.5. The smallest absolute Gasteiger partial charge is 0.489 e. The normalized spacial score (nSPS) is 10.9. The Morgan fingerprint density at radius 2 is 1.57 bits per heavy atom. The molecule has 0 unspecified atom stereocenters. The number of benzene rings is 2. The average Bonchev–Trinajstić information content (AvgIpc) is 2.46. The maximum atomic E-state index is 12.0. The van der Waals surface area contributed by atoms with E-state index in [1.54, 1.807) is 24.3 Å². The Kier molecular flexibility index (Phi) is 4.95. The highest BCUT2D eigenvalue weighted by Gasteiger charge is 2.30. The molecular weight excluding hydrogens is 313 g/mol. The van der Waals surface area contributed by atoms with Crippen molar-refractivity contribution in [1.29, 1.82) is 0 Å². The van der Waals surface area contributed by atoms with E-state index in [0.717, 1.165) is 0 Å². The Morgan fingerprint density at radius 3 is 2.09 bits per heavy atom. The lowest BCUT2D eigenvalue weighted by Crippen LogP contribution is -2.19. The third kappa shape index (κ3) is 5.77. The van der Waals surface area contributed by atoms with E-state index in [4.69, 9.17) is 10.5 Å². The molecular formula is C15H13F3N2O3. The van der Waals surface area contributed by atoms with Crippen LogP contribution in [0.4, 0.5) is 23.7 Å². The van der Waals surface area contributed by atoms with Gasteiger partial charge in [-0.05, 0) is 42.0 Å². The number of urea groups is 1. The lowest BCUT2D eigenvalue weighted by atomic mass is 10.2. The zero-order valence-corrected chi connectivity index (χ0v) is 11.8. The largest absolute Gasteiger partial charge is 0.573 e. The number of carbonyl (C=O) groups is 1. The molecule has 122 valence electrons. The quantitative estimate of drug-likeness (QED) is 0.881. The fraction of sp³-hybridized carbons (Fsp3) is 0.133. The van der Waals surface area contributed by atoms with E-state index < -0.39 is 12.4 Å². The second kappa shape index (κ2) is 6.91. The Labute approximate surface area is 129 Å². The minimum atomic E-state index is -4.71. The monoisotopic (exact) mass is 326 g/mol. The summed E-state index contributed by atoms with van der Waals surface area (Å²) in [6.07, 6.45) is -4.71. The SMILES string of the molecule is NC(=O)Nc1ccc(OCc2ccc(OC(F)(F)F)cc2)cc1. The summed E-state index contributed by atoms with van der Waals surface area (Å²) < 4.78 is 45.4. The molecule has 5 nitrogen and oxygen atoms in total. The molecule has 0 saturated carbocycles. The molecule has 3 N–H and O–H groups in total. The van der Waals surface area contributed by atoms with Gasteiger partial charge >= 0.3 is 12.4 Å². The molecule has 0 bridgehead atoms. The molecule has 2 rings (SSSR count). The number of alkyl halides is 3. The highest BCUT2D eigenvalue weighted by molar-refractivity contribution is 5.87. The van der Waals surface area contributed by atoms with Gasteiger partial charge in [0.25, 0.3) is 0 Å². The molecule has 0 atom stereocenters. The van der Waals surface area contributed by atoms with Gasteiger partial charge in [0, 0.05) is 5.69 Å². The molecule has 0 aliphatic rings. The summed E-state index contributed by atoms with van der Waals surface area (Å²) >= 11 is 0. The van der Waals surface area contributed by atoms with Crippen LogP contribution >= 0.6 is 0 Å². The van der Waals surface area contributed by atoms with Crippen molar-refractivity contribution < 1.29 is 27.4 Å². The maximum absolute atomic E-state index is 12.0. The van der Waals surface area contributed by atoms with Gasteiger partial charge in [0.2, 0.25) is 0 Å². The van der Waals surface area contributed by atoms with Gasteiger partial charge in [-0.3, -0.25) is 0 Å². The molecule has 0 heterocycles. The molecule has 0 aliphatic heterocycles. The van der Waals surface area contributed by atoms with Gasteiger partial charge in [0.1, 0.15) is 18.1 Å². The Bertz CT molecular complexity index is 655. The van der Waals surface area contributed by atoms with E-state index >= 15 is 0 Å². The van der Waals surface area contributed by atoms with Crippen LogP contribution in [0.5, 0.6) is 11.5 Å². The number of amides is 2. The molecule has 23 heavy (non-hydrogen) atoms. The van der Waals surface area contributed by atoms with Crippen LogP contribution < -0.4 is 20.5 Å². The minimum Gasteiger partial charge on any atom is -0.489 e. The number of primary amides is 1. The molecule has 0 aliphatic carbocycles. The number of hydrogen-bond acceptors (Lipinski definition) is 3. The molecule has 0 radical (unpaired) electrons. The standard InChI is InChI=1S/C15H13F3N2O3/c16-15(17,18)23-13-5-1-10(2-6-13)9-22-12-7-3-11(4-8-12)20-14(19)21/h1-8H,9H2,(H3,19,20,21). The summed E-state index contributed by atoms with van der Waals surface area (Å²) in [6, 6.07) is 11.2. The Morgan fingerprint density at radius 1 is 1.00 bits per heavy atom. The van der Waals surface area contributed by atoms with Crippen molar-refractivity contribution in [3.05, 3.63) is 54.1 Å². The topological polar surface area (TPSA) is 73.6 Å². The summed E-state index contributed by atoms with van der Waals surface area (Å²) in [4.78, 5) is 10.7. The average molecular weight is 326 g/mol. The maximum Gasteiger partial charge on any atom is 0.573 e. The van der Waals surface area contributed by atoms with Gasteiger partial charge < -0.3 is 20.5 Å². The second-order valence-electron chi connectivity index (χ2n) is 4.49. The third-order valence-electron chi connectivity index (χ3n) is 2.68. The third-order valence-corrected chi connectivity index (χ3v) is 2.68. The van der Waals surface area contributed by atoms with Crippen LogP contribution in [0.25, 0.3) is 0 Å². The fourth-order valence-electron chi connectivity index (χ4n) is 1.73. The minimum absolute atomic E-state index is 0.175. The zero-order chi connectivity index (χ0) is 16.9. The van der Waals surface area contributed by atoms with Gasteiger partial charge in [-0.25, -0.2) is 4.79 Å². The number of rotatable bonds is 5. The zero-order valence-electron chi connectivity index (χ0n) is 11.8. The van der Waals surface area contributed by atoms with Crippen molar-refractivity contribution in [2.75, 3.05) is 5.32 Å². The van der Waals surface area contributed by atoms with Crippen molar-refractivity contribution in [3.8, 4) is 11.5 Å². The van der Waals surface area contributed by atoms with E-state index in [-0.39, 0.29) is 12.4 Å². The summed E-state index contributed by atoms with van der Waals surface area (Å²) in [7, 11) is 0. The molecule has 0 fully saturated rings. The first-order chi connectivity index (χ1) is 10.8. The lowest BCUT2D eigenvalue weighted by molar-refractivity contribution is -0.274. The number of carbonyl (C=O) groups excluding carboxylic acids is 1. The molecule has 0 aromatic heterocycles. The van der Waals surface area contributed by atoms with Crippen LogP contribution in [0, 0.1) is 0 Å². The van der Waals surface area contributed by atoms with Gasteiger partial charge in [0.15, 0.2) is 0 Å². The predicted octanol–water partition coefficient (Wildman–Crippen LogP) is 3.65. The number of nitrogens with two attached hydrogens (primary N) is 1. The van der Waals surface area contributed by atoms with Crippen LogP contribution in [0.2, 0.25) is 0 Å². The first-order valence-corrected chi connectivity index (χ1v) is 6.46. The number of halogens is 3. The molecule has 0 spiro atoms. The number of ether oxygens (including phenoxy) is 2. The van der Waals surface area contributed by atoms with Crippen LogP contribution in [0.15, 0.2) is 48.5 Å². The number of hydrogen-bond donors (Lipinski definition) is 2. The molecule has 2 aromatic carbocycles. The van der Waals surface area contributed by atoms with Crippen LogP contribution in [-0.4, -0.2) is 12.4 Å². The Hall–Kier alpha value is -2.90. The Balaban J connectivity index is 1.89. The summed E-state index contributed by atoms with van der Waals surface area (Å²) in [5, 5.41) is 2.41. The highest BCUT2D eigenvalue weighted by Crippen LogP contribution is 2.23. The van der Waals surface area contributed by atoms with Crippen LogP contribution in [0.1, 0.15) is 5.56 Å².